The molecule has 0 aromatic heterocycles. The third-order valence-corrected chi connectivity index (χ3v) is 1.85. The van der Waals surface area contributed by atoms with E-state index in [9.17, 15) is 9.18 Å². The van der Waals surface area contributed by atoms with Gasteiger partial charge in [-0.15, -0.1) is 0 Å². The van der Waals surface area contributed by atoms with Gasteiger partial charge in [-0.2, -0.15) is 0 Å². The predicted octanol–water partition coefficient (Wildman–Crippen LogP) is 2.19. The van der Waals surface area contributed by atoms with Gasteiger partial charge < -0.3 is 10.1 Å². The van der Waals surface area contributed by atoms with Gasteiger partial charge >= 0.3 is 5.97 Å². The number of esters is 1. The van der Waals surface area contributed by atoms with Crippen LogP contribution in [0.4, 0.5) is 10.1 Å². The Kier molecular flexibility index (Phi) is 4.09. The number of nitrogens with one attached hydrogen (secondary N) is 1. The molecule has 0 radical (unpaired) electrons. The fourth-order valence-electron chi connectivity index (χ4n) is 1.15. The van der Waals surface area contributed by atoms with E-state index in [4.69, 9.17) is 4.74 Å². The summed E-state index contributed by atoms with van der Waals surface area (Å²) in [4.78, 5) is 11.3. The molecule has 0 aliphatic carbocycles. The van der Waals surface area contributed by atoms with Gasteiger partial charge in [0, 0.05) is 5.69 Å². The zero-order chi connectivity index (χ0) is 11.3. The topological polar surface area (TPSA) is 38.3 Å². The number of rotatable bonds is 4. The van der Waals surface area contributed by atoms with Crippen LogP contribution in [-0.4, -0.2) is 18.6 Å². The molecule has 0 heterocycles. The van der Waals surface area contributed by atoms with Crippen molar-refractivity contribution in [3.63, 3.8) is 0 Å². The van der Waals surface area contributed by atoms with E-state index in [1.807, 2.05) is 0 Å². The number of anilines is 1. The molecule has 4 heteroatoms. The van der Waals surface area contributed by atoms with Crippen LogP contribution in [0.1, 0.15) is 13.8 Å². The van der Waals surface area contributed by atoms with Crippen LogP contribution < -0.4 is 5.32 Å². The number of hydrogen-bond acceptors (Lipinski definition) is 3. The number of hydrogen-bond donors (Lipinski definition) is 1. The second-order valence-corrected chi connectivity index (χ2v) is 3.13. The molecule has 0 spiro atoms. The average Bonchev–Trinajstić information content (AvgIpc) is 2.18. The van der Waals surface area contributed by atoms with Crippen molar-refractivity contribution in [1.82, 2.24) is 0 Å². The van der Waals surface area contributed by atoms with E-state index >= 15 is 0 Å². The Morgan fingerprint density at radius 1 is 1.60 bits per heavy atom. The Hall–Kier alpha value is -1.58. The Morgan fingerprint density at radius 3 is 2.93 bits per heavy atom. The zero-order valence-electron chi connectivity index (χ0n) is 8.79. The standard InChI is InChI=1S/C11H14FNO2/c1-3-15-11(14)8(2)13-10-6-4-5-9(12)7-10/h4-8,13H,3H2,1-2H3. The minimum Gasteiger partial charge on any atom is -0.464 e. The maximum atomic E-state index is 12.8. The predicted molar refractivity (Wildman–Crippen MR) is 56.1 cm³/mol. The molecule has 1 unspecified atom stereocenters. The van der Waals surface area contributed by atoms with Crippen molar-refractivity contribution in [1.29, 1.82) is 0 Å². The average molecular weight is 211 g/mol. The van der Waals surface area contributed by atoms with E-state index in [1.165, 1.54) is 12.1 Å². The fraction of sp³-hybridized carbons (Fsp3) is 0.364. The van der Waals surface area contributed by atoms with Gasteiger partial charge in [0.2, 0.25) is 0 Å². The molecular weight excluding hydrogens is 197 g/mol. The van der Waals surface area contributed by atoms with E-state index in [2.05, 4.69) is 5.32 Å². The van der Waals surface area contributed by atoms with Crippen LogP contribution in [0.15, 0.2) is 24.3 Å². The molecule has 1 rings (SSSR count). The Morgan fingerprint density at radius 2 is 2.33 bits per heavy atom. The van der Waals surface area contributed by atoms with Crippen molar-refractivity contribution < 1.29 is 13.9 Å². The van der Waals surface area contributed by atoms with Gasteiger partial charge in [0.1, 0.15) is 11.9 Å². The van der Waals surface area contributed by atoms with Crippen LogP contribution in [0.25, 0.3) is 0 Å². The molecule has 0 fully saturated rings. The summed E-state index contributed by atoms with van der Waals surface area (Å²) >= 11 is 0. The van der Waals surface area contributed by atoms with Crippen LogP contribution >= 0.6 is 0 Å². The second-order valence-electron chi connectivity index (χ2n) is 3.13. The molecule has 1 N–H and O–H groups in total. The lowest BCUT2D eigenvalue weighted by molar-refractivity contribution is -0.143. The highest BCUT2D eigenvalue weighted by molar-refractivity contribution is 5.78. The highest BCUT2D eigenvalue weighted by Gasteiger charge is 2.13. The third-order valence-electron chi connectivity index (χ3n) is 1.85. The smallest absolute Gasteiger partial charge is 0.328 e. The Labute approximate surface area is 88.2 Å². The summed E-state index contributed by atoms with van der Waals surface area (Å²) in [6.45, 7) is 3.75. The SMILES string of the molecule is CCOC(=O)C(C)Nc1cccc(F)c1. The maximum absolute atomic E-state index is 12.8. The first-order valence-electron chi connectivity index (χ1n) is 4.82. The molecule has 0 amide bonds. The summed E-state index contributed by atoms with van der Waals surface area (Å²) in [6.07, 6.45) is 0. The van der Waals surface area contributed by atoms with Crippen molar-refractivity contribution in [2.75, 3.05) is 11.9 Å². The molecule has 0 saturated heterocycles. The molecular formula is C11H14FNO2. The van der Waals surface area contributed by atoms with Crippen LogP contribution in [0, 0.1) is 5.82 Å². The van der Waals surface area contributed by atoms with Crippen LogP contribution in [0.3, 0.4) is 0 Å². The summed E-state index contributed by atoms with van der Waals surface area (Å²) in [5, 5.41) is 2.85. The van der Waals surface area contributed by atoms with Crippen LogP contribution in [0.2, 0.25) is 0 Å². The monoisotopic (exact) mass is 211 g/mol. The van der Waals surface area contributed by atoms with Gasteiger partial charge in [-0.25, -0.2) is 9.18 Å². The molecule has 1 atom stereocenters. The number of ether oxygens (including phenoxy) is 1. The maximum Gasteiger partial charge on any atom is 0.328 e. The largest absolute Gasteiger partial charge is 0.464 e. The normalized spacial score (nSPS) is 11.9. The molecule has 0 aliphatic rings. The molecule has 3 nitrogen and oxygen atoms in total. The summed E-state index contributed by atoms with van der Waals surface area (Å²) in [6, 6.07) is 5.47. The minimum absolute atomic E-state index is 0.337. The number of carbonyl (C=O) groups excluding carboxylic acids is 1. The summed E-state index contributed by atoms with van der Waals surface area (Å²) in [5.74, 6) is -0.683. The highest BCUT2D eigenvalue weighted by atomic mass is 19.1. The number of halogens is 1. The summed E-state index contributed by atoms with van der Waals surface area (Å²) in [7, 11) is 0. The van der Waals surface area contributed by atoms with Gasteiger partial charge in [-0.3, -0.25) is 0 Å². The molecule has 82 valence electrons. The summed E-state index contributed by atoms with van der Waals surface area (Å²) < 4.78 is 17.6. The molecule has 0 bridgehead atoms. The number of carbonyl (C=O) groups is 1. The minimum atomic E-state index is -0.480. The van der Waals surface area contributed by atoms with Gasteiger partial charge in [-0.1, -0.05) is 6.07 Å². The quantitative estimate of drug-likeness (QED) is 0.776. The van der Waals surface area contributed by atoms with Crippen molar-refractivity contribution in [2.45, 2.75) is 19.9 Å². The van der Waals surface area contributed by atoms with Gasteiger partial charge in [-0.05, 0) is 32.0 Å². The van der Waals surface area contributed by atoms with Crippen molar-refractivity contribution >= 4 is 11.7 Å². The fourth-order valence-corrected chi connectivity index (χ4v) is 1.15. The Bertz CT molecular complexity index is 341. The molecule has 1 aromatic carbocycles. The third kappa shape index (κ3) is 3.58. The van der Waals surface area contributed by atoms with Crippen molar-refractivity contribution in [3.05, 3.63) is 30.1 Å². The first-order chi connectivity index (χ1) is 7.13. The lowest BCUT2D eigenvalue weighted by Crippen LogP contribution is -2.28. The van der Waals surface area contributed by atoms with Crippen LogP contribution in [-0.2, 0) is 9.53 Å². The molecule has 0 saturated carbocycles. The van der Waals surface area contributed by atoms with E-state index < -0.39 is 6.04 Å². The molecule has 15 heavy (non-hydrogen) atoms. The van der Waals surface area contributed by atoms with Crippen molar-refractivity contribution in [3.8, 4) is 0 Å². The number of benzene rings is 1. The first kappa shape index (κ1) is 11.5. The summed E-state index contributed by atoms with van der Waals surface area (Å²) in [5.41, 5.74) is 0.565. The van der Waals surface area contributed by atoms with Crippen LogP contribution in [0.5, 0.6) is 0 Å². The van der Waals surface area contributed by atoms with Gasteiger partial charge in [0.05, 0.1) is 6.61 Å². The lowest BCUT2D eigenvalue weighted by Gasteiger charge is -2.13. The molecule has 0 aliphatic heterocycles. The van der Waals surface area contributed by atoms with E-state index in [0.717, 1.165) is 0 Å². The van der Waals surface area contributed by atoms with Gasteiger partial charge in [0.15, 0.2) is 0 Å². The first-order valence-corrected chi connectivity index (χ1v) is 4.82. The zero-order valence-corrected chi connectivity index (χ0v) is 8.79. The second kappa shape index (κ2) is 5.34. The lowest BCUT2D eigenvalue weighted by atomic mass is 10.2. The Balaban J connectivity index is 2.58. The van der Waals surface area contributed by atoms with E-state index in [0.29, 0.717) is 12.3 Å². The van der Waals surface area contributed by atoms with E-state index in [-0.39, 0.29) is 11.8 Å². The van der Waals surface area contributed by atoms with E-state index in [1.54, 1.807) is 26.0 Å². The highest BCUT2D eigenvalue weighted by Crippen LogP contribution is 2.10. The van der Waals surface area contributed by atoms with Gasteiger partial charge in [0.25, 0.3) is 0 Å². The van der Waals surface area contributed by atoms with Crippen molar-refractivity contribution in [2.24, 2.45) is 0 Å². The molecule has 1 aromatic rings.